The van der Waals surface area contributed by atoms with Crippen molar-refractivity contribution < 1.29 is 17.6 Å². The van der Waals surface area contributed by atoms with Crippen LogP contribution in [0.3, 0.4) is 0 Å². The Bertz CT molecular complexity index is 733. The van der Waals surface area contributed by atoms with E-state index < -0.39 is 10.0 Å². The average molecular weight is 308 g/mol. The van der Waals surface area contributed by atoms with E-state index in [9.17, 15) is 13.2 Å². The third-order valence-electron chi connectivity index (χ3n) is 2.94. The SMILES string of the molecule is Cc1cc(C(=O)NCCc2ccc(S(N)(=O)=O)cc2)co1. The average Bonchev–Trinajstić information content (AvgIpc) is 2.85. The zero-order chi connectivity index (χ0) is 15.5. The van der Waals surface area contributed by atoms with Gasteiger partial charge in [-0.25, -0.2) is 13.6 Å². The second kappa shape index (κ2) is 6.11. The number of hydrogen-bond donors (Lipinski definition) is 2. The van der Waals surface area contributed by atoms with Crippen LogP contribution in [0.25, 0.3) is 0 Å². The zero-order valence-corrected chi connectivity index (χ0v) is 12.3. The number of nitrogens with one attached hydrogen (secondary N) is 1. The summed E-state index contributed by atoms with van der Waals surface area (Å²) in [6, 6.07) is 7.91. The van der Waals surface area contributed by atoms with E-state index in [2.05, 4.69) is 5.32 Å². The lowest BCUT2D eigenvalue weighted by Gasteiger charge is -2.05. The number of benzene rings is 1. The van der Waals surface area contributed by atoms with Crippen molar-refractivity contribution in [1.29, 1.82) is 0 Å². The van der Waals surface area contributed by atoms with Gasteiger partial charge in [0, 0.05) is 6.54 Å². The number of nitrogens with two attached hydrogens (primary N) is 1. The molecule has 0 bridgehead atoms. The number of carbonyl (C=O) groups is 1. The van der Waals surface area contributed by atoms with Gasteiger partial charge in [-0.15, -0.1) is 0 Å². The second-order valence-electron chi connectivity index (χ2n) is 4.64. The Balaban J connectivity index is 1.88. The van der Waals surface area contributed by atoms with Crippen molar-refractivity contribution in [3.8, 4) is 0 Å². The first-order valence-electron chi connectivity index (χ1n) is 6.31. The molecule has 0 spiro atoms. The summed E-state index contributed by atoms with van der Waals surface area (Å²) >= 11 is 0. The van der Waals surface area contributed by atoms with Gasteiger partial charge in [0.15, 0.2) is 0 Å². The van der Waals surface area contributed by atoms with Gasteiger partial charge in [0.1, 0.15) is 12.0 Å². The third-order valence-corrected chi connectivity index (χ3v) is 3.87. The molecule has 0 saturated carbocycles. The molecule has 1 aromatic carbocycles. The molecule has 7 heteroatoms. The van der Waals surface area contributed by atoms with Crippen molar-refractivity contribution >= 4 is 15.9 Å². The van der Waals surface area contributed by atoms with Crippen LogP contribution in [0.15, 0.2) is 45.9 Å². The van der Waals surface area contributed by atoms with Crippen LogP contribution < -0.4 is 10.5 Å². The molecule has 1 aromatic heterocycles. The van der Waals surface area contributed by atoms with E-state index in [4.69, 9.17) is 9.56 Å². The van der Waals surface area contributed by atoms with Crippen LogP contribution in [0.2, 0.25) is 0 Å². The number of primary sulfonamides is 1. The molecule has 112 valence electrons. The van der Waals surface area contributed by atoms with Crippen molar-refractivity contribution in [2.24, 2.45) is 5.14 Å². The van der Waals surface area contributed by atoms with Crippen LogP contribution in [0.1, 0.15) is 21.7 Å². The Hall–Kier alpha value is -2.12. The molecular formula is C14H16N2O4S. The van der Waals surface area contributed by atoms with E-state index in [1.165, 1.54) is 18.4 Å². The second-order valence-corrected chi connectivity index (χ2v) is 6.20. The molecule has 2 rings (SSSR count). The van der Waals surface area contributed by atoms with Crippen LogP contribution in [0.5, 0.6) is 0 Å². The van der Waals surface area contributed by atoms with Crippen LogP contribution in [-0.4, -0.2) is 20.9 Å². The van der Waals surface area contributed by atoms with Crippen molar-refractivity contribution in [2.75, 3.05) is 6.54 Å². The summed E-state index contributed by atoms with van der Waals surface area (Å²) in [5, 5.41) is 7.78. The monoisotopic (exact) mass is 308 g/mol. The van der Waals surface area contributed by atoms with Gasteiger partial charge in [-0.2, -0.15) is 0 Å². The van der Waals surface area contributed by atoms with Gasteiger partial charge in [-0.1, -0.05) is 12.1 Å². The number of sulfonamides is 1. The lowest BCUT2D eigenvalue weighted by atomic mass is 10.1. The molecule has 0 fully saturated rings. The fourth-order valence-corrected chi connectivity index (χ4v) is 2.35. The number of furan rings is 1. The Morgan fingerprint density at radius 3 is 2.48 bits per heavy atom. The van der Waals surface area contributed by atoms with E-state index >= 15 is 0 Å². The van der Waals surface area contributed by atoms with E-state index in [1.807, 2.05) is 0 Å². The Morgan fingerprint density at radius 1 is 1.29 bits per heavy atom. The maximum absolute atomic E-state index is 11.8. The first-order chi connectivity index (χ1) is 9.86. The molecule has 1 amide bonds. The minimum Gasteiger partial charge on any atom is -0.469 e. The highest BCUT2D eigenvalue weighted by Gasteiger charge is 2.09. The molecule has 0 atom stereocenters. The first kappa shape index (κ1) is 15.3. The molecule has 3 N–H and O–H groups in total. The summed E-state index contributed by atoms with van der Waals surface area (Å²) in [4.78, 5) is 11.8. The maximum Gasteiger partial charge on any atom is 0.254 e. The summed E-state index contributed by atoms with van der Waals surface area (Å²) in [7, 11) is -3.67. The molecule has 21 heavy (non-hydrogen) atoms. The summed E-state index contributed by atoms with van der Waals surface area (Å²) in [5.74, 6) is 0.478. The van der Waals surface area contributed by atoms with Gasteiger partial charge >= 0.3 is 0 Å². The number of rotatable bonds is 5. The number of hydrogen-bond acceptors (Lipinski definition) is 4. The zero-order valence-electron chi connectivity index (χ0n) is 11.5. The fraction of sp³-hybridized carbons (Fsp3) is 0.214. The van der Waals surface area contributed by atoms with E-state index in [1.54, 1.807) is 25.1 Å². The minimum atomic E-state index is -3.67. The summed E-state index contributed by atoms with van der Waals surface area (Å²) in [5.41, 5.74) is 1.39. The molecule has 0 aliphatic heterocycles. The highest BCUT2D eigenvalue weighted by molar-refractivity contribution is 7.89. The predicted molar refractivity (Wildman–Crippen MR) is 77.3 cm³/mol. The molecule has 6 nitrogen and oxygen atoms in total. The molecule has 1 heterocycles. The van der Waals surface area contributed by atoms with Gasteiger partial charge < -0.3 is 9.73 Å². The van der Waals surface area contributed by atoms with Gasteiger partial charge in [0.05, 0.1) is 10.5 Å². The molecule has 0 radical (unpaired) electrons. The van der Waals surface area contributed by atoms with E-state index in [0.717, 1.165) is 5.56 Å². The molecule has 2 aromatic rings. The quantitative estimate of drug-likeness (QED) is 0.866. The van der Waals surface area contributed by atoms with Crippen LogP contribution in [-0.2, 0) is 16.4 Å². The number of carbonyl (C=O) groups excluding carboxylic acids is 1. The summed E-state index contributed by atoms with van der Waals surface area (Å²) in [6.45, 7) is 2.21. The van der Waals surface area contributed by atoms with Crippen molar-refractivity contribution in [2.45, 2.75) is 18.2 Å². The van der Waals surface area contributed by atoms with Gasteiger partial charge in [-0.3, -0.25) is 4.79 Å². The van der Waals surface area contributed by atoms with E-state index in [0.29, 0.717) is 24.3 Å². The van der Waals surface area contributed by atoms with Gasteiger partial charge in [0.25, 0.3) is 5.91 Å². The van der Waals surface area contributed by atoms with Crippen molar-refractivity contribution in [3.05, 3.63) is 53.5 Å². The van der Waals surface area contributed by atoms with Gasteiger partial charge in [-0.05, 0) is 37.1 Å². The normalized spacial score (nSPS) is 11.3. The standard InChI is InChI=1S/C14H16N2O4S/c1-10-8-12(9-20-10)14(17)16-7-6-11-2-4-13(5-3-11)21(15,18)19/h2-5,8-9H,6-7H2,1H3,(H,16,17)(H2,15,18,19). The maximum atomic E-state index is 11.8. The molecular weight excluding hydrogens is 292 g/mol. The summed E-state index contributed by atoms with van der Waals surface area (Å²) in [6.07, 6.45) is 2.00. The Kier molecular flexibility index (Phi) is 4.44. The number of amides is 1. The third kappa shape index (κ3) is 4.17. The van der Waals surface area contributed by atoms with E-state index in [-0.39, 0.29) is 10.8 Å². The highest BCUT2D eigenvalue weighted by Crippen LogP contribution is 2.09. The van der Waals surface area contributed by atoms with Crippen LogP contribution >= 0.6 is 0 Å². The Labute approximate surface area is 123 Å². The predicted octanol–water partition coefficient (Wildman–Crippen LogP) is 1.21. The molecule has 0 aliphatic rings. The van der Waals surface area contributed by atoms with Crippen LogP contribution in [0, 0.1) is 6.92 Å². The molecule has 0 aliphatic carbocycles. The topological polar surface area (TPSA) is 102 Å². The summed E-state index contributed by atoms with van der Waals surface area (Å²) < 4.78 is 27.3. The first-order valence-corrected chi connectivity index (χ1v) is 7.86. The smallest absolute Gasteiger partial charge is 0.254 e. The minimum absolute atomic E-state index is 0.0733. The highest BCUT2D eigenvalue weighted by atomic mass is 32.2. The molecule has 0 saturated heterocycles. The number of aryl methyl sites for hydroxylation is 1. The lowest BCUT2D eigenvalue weighted by Crippen LogP contribution is -2.25. The van der Waals surface area contributed by atoms with Crippen molar-refractivity contribution in [1.82, 2.24) is 5.32 Å². The fourth-order valence-electron chi connectivity index (χ4n) is 1.83. The Morgan fingerprint density at radius 2 is 1.95 bits per heavy atom. The molecule has 0 unspecified atom stereocenters. The largest absolute Gasteiger partial charge is 0.469 e. The van der Waals surface area contributed by atoms with Crippen LogP contribution in [0.4, 0.5) is 0 Å². The van der Waals surface area contributed by atoms with Gasteiger partial charge in [0.2, 0.25) is 10.0 Å². The van der Waals surface area contributed by atoms with Crippen molar-refractivity contribution in [3.63, 3.8) is 0 Å². The lowest BCUT2D eigenvalue weighted by molar-refractivity contribution is 0.0953.